The Hall–Kier alpha value is -2.41. The summed E-state index contributed by atoms with van der Waals surface area (Å²) in [7, 11) is 4.61. The van der Waals surface area contributed by atoms with Crippen LogP contribution in [-0.2, 0) is 23.7 Å². The number of ether oxygens (including phenoxy) is 5. The maximum atomic E-state index is 12.9. The number of hydrogen-bond donors (Lipinski definition) is 0. The lowest BCUT2D eigenvalue weighted by atomic mass is 9.89. The fraction of sp³-hybridized carbons (Fsp3) is 0.409. The summed E-state index contributed by atoms with van der Waals surface area (Å²) in [4.78, 5) is 12.9. The second-order valence-corrected chi connectivity index (χ2v) is 6.91. The molecule has 0 radical (unpaired) electrons. The minimum absolute atomic E-state index is 0.382. The second-order valence-electron chi connectivity index (χ2n) is 6.91. The van der Waals surface area contributed by atoms with Gasteiger partial charge in [0.05, 0.1) is 0 Å². The third kappa shape index (κ3) is 4.04. The van der Waals surface area contributed by atoms with E-state index in [2.05, 4.69) is 0 Å². The Morgan fingerprint density at radius 1 is 1.00 bits per heavy atom. The lowest BCUT2D eigenvalue weighted by Gasteiger charge is -2.42. The smallest absolute Gasteiger partial charge is 0.340 e. The Morgan fingerprint density at radius 3 is 2.29 bits per heavy atom. The van der Waals surface area contributed by atoms with E-state index < -0.39 is 30.1 Å². The van der Waals surface area contributed by atoms with Gasteiger partial charge in [-0.1, -0.05) is 48.5 Å². The van der Waals surface area contributed by atoms with Gasteiger partial charge in [0.1, 0.15) is 11.9 Å². The van der Waals surface area contributed by atoms with Crippen LogP contribution in [0.15, 0.2) is 54.6 Å². The van der Waals surface area contributed by atoms with E-state index in [0.29, 0.717) is 12.2 Å². The lowest BCUT2D eigenvalue weighted by molar-refractivity contribution is -0.216. The molecular weight excluding hydrogens is 360 g/mol. The number of para-hydroxylation sites is 1. The number of methoxy groups -OCH3 is 3. The Kier molecular flexibility index (Phi) is 6.34. The average molecular weight is 386 g/mol. The summed E-state index contributed by atoms with van der Waals surface area (Å²) in [5.41, 5.74) is 0.727. The molecule has 6 heteroatoms. The summed E-state index contributed by atoms with van der Waals surface area (Å²) >= 11 is 0. The monoisotopic (exact) mass is 386 g/mol. The third-order valence-electron chi connectivity index (χ3n) is 4.94. The van der Waals surface area contributed by atoms with Crippen LogP contribution in [0.2, 0.25) is 0 Å². The molecular formula is C22H26O6. The molecule has 3 rings (SSSR count). The van der Waals surface area contributed by atoms with E-state index in [-0.39, 0.29) is 0 Å². The van der Waals surface area contributed by atoms with Crippen molar-refractivity contribution in [3.8, 4) is 5.75 Å². The summed E-state index contributed by atoms with van der Waals surface area (Å²) in [5.74, 6) is 0.186. The maximum absolute atomic E-state index is 12.9. The van der Waals surface area contributed by atoms with Crippen molar-refractivity contribution in [2.45, 2.75) is 37.4 Å². The molecule has 0 saturated carbocycles. The minimum atomic E-state index is -0.821. The van der Waals surface area contributed by atoms with Crippen molar-refractivity contribution in [3.05, 3.63) is 65.7 Å². The van der Waals surface area contributed by atoms with Crippen LogP contribution in [0.3, 0.4) is 0 Å². The molecule has 3 unspecified atom stereocenters. The number of rotatable bonds is 7. The van der Waals surface area contributed by atoms with Crippen LogP contribution in [0.1, 0.15) is 36.7 Å². The molecule has 0 N–H and O–H groups in total. The summed E-state index contributed by atoms with van der Waals surface area (Å²) in [6.07, 6.45) is -1.55. The fourth-order valence-electron chi connectivity index (χ4n) is 3.65. The molecule has 0 aromatic heterocycles. The number of fused-ring (bicyclic) bond motifs is 1. The van der Waals surface area contributed by atoms with Gasteiger partial charge in [-0.2, -0.15) is 0 Å². The van der Waals surface area contributed by atoms with Gasteiger partial charge in [-0.15, -0.1) is 0 Å². The first-order valence-corrected chi connectivity index (χ1v) is 9.14. The van der Waals surface area contributed by atoms with Gasteiger partial charge in [0.15, 0.2) is 18.0 Å². The molecule has 0 fully saturated rings. The standard InChI is InChI=1S/C22H26O6/c1-22(21(25-3)26-4)14-18(16-12-8-9-13-17(16)28-22)27-20(23)19(24-2)15-10-6-5-7-11-15/h5-13,18-19,21H,14H2,1-4H3. The SMILES string of the molecule is COC(C(=O)OC1CC(C)(C(OC)OC)Oc2ccccc21)c1ccccc1. The predicted octanol–water partition coefficient (Wildman–Crippen LogP) is 3.82. The van der Waals surface area contributed by atoms with E-state index in [4.69, 9.17) is 23.7 Å². The lowest BCUT2D eigenvalue weighted by Crippen LogP contribution is -2.50. The molecule has 150 valence electrons. The number of carbonyl (C=O) groups excluding carboxylic acids is 1. The quantitative estimate of drug-likeness (QED) is 0.533. The molecule has 1 heterocycles. The van der Waals surface area contributed by atoms with Gasteiger partial charge in [-0.3, -0.25) is 0 Å². The van der Waals surface area contributed by atoms with Gasteiger partial charge in [0.2, 0.25) is 0 Å². The molecule has 1 aliphatic rings. The van der Waals surface area contributed by atoms with Gasteiger partial charge in [-0.25, -0.2) is 4.79 Å². The van der Waals surface area contributed by atoms with Crippen LogP contribution in [0.5, 0.6) is 5.75 Å². The average Bonchev–Trinajstić information content (AvgIpc) is 2.70. The molecule has 2 aromatic carbocycles. The highest BCUT2D eigenvalue weighted by atomic mass is 16.7. The Bertz CT molecular complexity index is 789. The molecule has 0 saturated heterocycles. The molecule has 3 atom stereocenters. The highest BCUT2D eigenvalue weighted by molar-refractivity contribution is 5.77. The molecule has 0 spiro atoms. The number of benzene rings is 2. The Morgan fingerprint density at radius 2 is 1.64 bits per heavy atom. The zero-order valence-electron chi connectivity index (χ0n) is 16.6. The van der Waals surface area contributed by atoms with E-state index in [1.165, 1.54) is 7.11 Å². The largest absolute Gasteiger partial charge is 0.482 e. The van der Waals surface area contributed by atoms with Crippen molar-refractivity contribution in [1.82, 2.24) is 0 Å². The normalized spacial score (nSPS) is 22.2. The summed E-state index contributed by atoms with van der Waals surface area (Å²) < 4.78 is 28.4. The first-order chi connectivity index (χ1) is 13.5. The van der Waals surface area contributed by atoms with Crippen LogP contribution >= 0.6 is 0 Å². The number of carbonyl (C=O) groups is 1. The van der Waals surface area contributed by atoms with E-state index >= 15 is 0 Å². The van der Waals surface area contributed by atoms with Crippen molar-refractivity contribution in [2.24, 2.45) is 0 Å². The predicted molar refractivity (Wildman–Crippen MR) is 103 cm³/mol. The van der Waals surface area contributed by atoms with Crippen molar-refractivity contribution >= 4 is 5.97 Å². The zero-order chi connectivity index (χ0) is 20.1. The van der Waals surface area contributed by atoms with Crippen molar-refractivity contribution in [2.75, 3.05) is 21.3 Å². The highest BCUT2D eigenvalue weighted by Crippen LogP contribution is 2.44. The van der Waals surface area contributed by atoms with E-state index in [1.54, 1.807) is 14.2 Å². The summed E-state index contributed by atoms with van der Waals surface area (Å²) in [5, 5.41) is 0. The topological polar surface area (TPSA) is 63.2 Å². The second kappa shape index (κ2) is 8.73. The molecule has 2 aromatic rings. The van der Waals surface area contributed by atoms with Gasteiger partial charge in [-0.05, 0) is 18.6 Å². The number of esters is 1. The molecule has 6 nitrogen and oxygen atoms in total. The van der Waals surface area contributed by atoms with Gasteiger partial charge < -0.3 is 23.7 Å². The minimum Gasteiger partial charge on any atom is -0.482 e. The Balaban J connectivity index is 1.88. The first-order valence-electron chi connectivity index (χ1n) is 9.14. The highest BCUT2D eigenvalue weighted by Gasteiger charge is 2.46. The van der Waals surface area contributed by atoms with Crippen LogP contribution in [-0.4, -0.2) is 39.2 Å². The van der Waals surface area contributed by atoms with Gasteiger partial charge >= 0.3 is 5.97 Å². The van der Waals surface area contributed by atoms with Crippen LogP contribution in [0, 0.1) is 0 Å². The van der Waals surface area contributed by atoms with Crippen molar-refractivity contribution in [1.29, 1.82) is 0 Å². The molecule has 0 bridgehead atoms. The van der Waals surface area contributed by atoms with Crippen molar-refractivity contribution in [3.63, 3.8) is 0 Å². The fourth-order valence-corrected chi connectivity index (χ4v) is 3.65. The number of hydrogen-bond acceptors (Lipinski definition) is 6. The van der Waals surface area contributed by atoms with Crippen LogP contribution in [0.25, 0.3) is 0 Å². The van der Waals surface area contributed by atoms with Gasteiger partial charge in [0.25, 0.3) is 0 Å². The molecule has 0 aliphatic carbocycles. The van der Waals surface area contributed by atoms with E-state index in [1.807, 2.05) is 61.5 Å². The maximum Gasteiger partial charge on any atom is 0.340 e. The summed E-state index contributed by atoms with van der Waals surface area (Å²) in [6.45, 7) is 1.88. The molecule has 0 amide bonds. The zero-order valence-corrected chi connectivity index (χ0v) is 16.6. The van der Waals surface area contributed by atoms with Crippen molar-refractivity contribution < 1.29 is 28.5 Å². The molecule has 1 aliphatic heterocycles. The Labute approximate surface area is 165 Å². The van der Waals surface area contributed by atoms with Crippen LogP contribution < -0.4 is 4.74 Å². The third-order valence-corrected chi connectivity index (χ3v) is 4.94. The first kappa shape index (κ1) is 20.3. The van der Waals surface area contributed by atoms with E-state index in [0.717, 1.165) is 11.1 Å². The molecule has 28 heavy (non-hydrogen) atoms. The van der Waals surface area contributed by atoms with Gasteiger partial charge in [0, 0.05) is 33.3 Å². The van der Waals surface area contributed by atoms with E-state index in [9.17, 15) is 4.79 Å². The van der Waals surface area contributed by atoms with Crippen LogP contribution in [0.4, 0.5) is 0 Å². The summed E-state index contributed by atoms with van der Waals surface area (Å²) in [6, 6.07) is 16.8.